The molecule has 0 spiro atoms. The zero-order valence-corrected chi connectivity index (χ0v) is 15.3. The third kappa shape index (κ3) is 5.60. The van der Waals surface area contributed by atoms with Crippen molar-refractivity contribution in [3.8, 4) is 0 Å². The van der Waals surface area contributed by atoms with Crippen LogP contribution in [0, 0.1) is 5.41 Å². The van der Waals surface area contributed by atoms with Crippen LogP contribution in [-0.4, -0.2) is 49.5 Å². The summed E-state index contributed by atoms with van der Waals surface area (Å²) in [5.74, 6) is -1.18. The highest BCUT2D eigenvalue weighted by Crippen LogP contribution is 2.36. The molecule has 136 valence electrons. The summed E-state index contributed by atoms with van der Waals surface area (Å²) >= 11 is 0. The zero-order chi connectivity index (χ0) is 18.8. The molecule has 1 saturated heterocycles. The average Bonchev–Trinajstić information content (AvgIpc) is 2.70. The van der Waals surface area contributed by atoms with E-state index in [1.807, 2.05) is 13.8 Å². The molecule has 0 amide bonds. The Hall–Kier alpha value is -2.35. The van der Waals surface area contributed by atoms with Gasteiger partial charge in [-0.3, -0.25) is 14.3 Å². The highest BCUT2D eigenvalue weighted by atomic mass is 32.2. The number of carbonyl (C=O) groups is 2. The van der Waals surface area contributed by atoms with Crippen LogP contribution in [-0.2, 0) is 14.8 Å². The molecule has 0 atom stereocenters. The number of hydrogen-bond acceptors (Lipinski definition) is 5. The van der Waals surface area contributed by atoms with Gasteiger partial charge in [-0.15, -0.1) is 0 Å². The minimum atomic E-state index is -3.37. The molecule has 1 aliphatic rings. The fraction of sp³-hybridized carbons (Fsp3) is 0.412. The van der Waals surface area contributed by atoms with E-state index in [4.69, 9.17) is 5.11 Å². The van der Waals surface area contributed by atoms with Crippen LogP contribution >= 0.6 is 0 Å². The van der Waals surface area contributed by atoms with Crippen molar-refractivity contribution >= 4 is 27.5 Å². The quantitative estimate of drug-likeness (QED) is 0.589. The number of sulfonamides is 1. The number of carbonyl (C=O) groups excluding carboxylic acids is 1. The number of nitrogens with zero attached hydrogens (tertiary/aromatic N) is 1. The van der Waals surface area contributed by atoms with Gasteiger partial charge in [-0.25, -0.2) is 8.42 Å². The number of anilines is 1. The van der Waals surface area contributed by atoms with Gasteiger partial charge in [0.15, 0.2) is 5.78 Å². The van der Waals surface area contributed by atoms with Crippen LogP contribution in [0.2, 0.25) is 0 Å². The van der Waals surface area contributed by atoms with Gasteiger partial charge in [-0.05, 0) is 36.1 Å². The number of rotatable bonds is 6. The van der Waals surface area contributed by atoms with Crippen molar-refractivity contribution in [1.29, 1.82) is 0 Å². The molecular weight excluding hydrogens is 344 g/mol. The van der Waals surface area contributed by atoms with Gasteiger partial charge in [-0.2, -0.15) is 0 Å². The van der Waals surface area contributed by atoms with Crippen molar-refractivity contribution in [2.75, 3.05) is 24.1 Å². The van der Waals surface area contributed by atoms with Crippen molar-refractivity contribution in [3.63, 3.8) is 0 Å². The van der Waals surface area contributed by atoms with Gasteiger partial charge < -0.3 is 10.0 Å². The van der Waals surface area contributed by atoms with Crippen LogP contribution in [0.3, 0.4) is 0 Å². The molecule has 0 saturated carbocycles. The average molecular weight is 366 g/mol. The van der Waals surface area contributed by atoms with Crippen molar-refractivity contribution < 1.29 is 23.1 Å². The smallest absolute Gasteiger partial charge is 0.323 e. The first-order valence-corrected chi connectivity index (χ1v) is 9.64. The zero-order valence-electron chi connectivity index (χ0n) is 14.4. The summed E-state index contributed by atoms with van der Waals surface area (Å²) in [6, 6.07) is 6.10. The second-order valence-electron chi connectivity index (χ2n) is 7.04. The molecule has 2 rings (SSSR count). The number of carboxylic acid groups (broad SMARTS) is 1. The Morgan fingerprint density at radius 2 is 1.88 bits per heavy atom. The van der Waals surface area contributed by atoms with Crippen LogP contribution in [0.25, 0.3) is 0 Å². The summed E-state index contributed by atoms with van der Waals surface area (Å²) in [6.07, 6.45) is 3.14. The lowest BCUT2D eigenvalue weighted by Crippen LogP contribution is -2.28. The van der Waals surface area contributed by atoms with Crippen molar-refractivity contribution in [3.05, 3.63) is 41.6 Å². The topological polar surface area (TPSA) is 104 Å². The van der Waals surface area contributed by atoms with E-state index in [0.717, 1.165) is 6.26 Å². The predicted molar refractivity (Wildman–Crippen MR) is 94.9 cm³/mol. The van der Waals surface area contributed by atoms with Crippen molar-refractivity contribution in [2.45, 2.75) is 20.3 Å². The maximum Gasteiger partial charge on any atom is 0.323 e. The van der Waals surface area contributed by atoms with E-state index >= 15 is 0 Å². The normalized spacial score (nSPS) is 18.4. The van der Waals surface area contributed by atoms with Gasteiger partial charge in [0, 0.05) is 29.6 Å². The number of ketones is 1. The SMILES string of the molecule is CC1(C)C/C(=C/C(=O)c2ccc(NS(C)(=O)=O)cc2)N(CC(=O)O)C1. The number of hydrogen-bond donors (Lipinski definition) is 2. The van der Waals surface area contributed by atoms with E-state index in [0.29, 0.717) is 29.9 Å². The lowest BCUT2D eigenvalue weighted by atomic mass is 9.92. The van der Waals surface area contributed by atoms with E-state index in [1.165, 1.54) is 30.3 Å². The molecule has 1 aromatic carbocycles. The molecule has 1 heterocycles. The van der Waals surface area contributed by atoms with Crippen LogP contribution in [0.15, 0.2) is 36.0 Å². The highest BCUT2D eigenvalue weighted by molar-refractivity contribution is 7.92. The van der Waals surface area contributed by atoms with Gasteiger partial charge in [0.25, 0.3) is 0 Å². The van der Waals surface area contributed by atoms with Gasteiger partial charge in [0.05, 0.1) is 6.26 Å². The van der Waals surface area contributed by atoms with Crippen LogP contribution in [0.5, 0.6) is 0 Å². The molecule has 0 aromatic heterocycles. The first-order valence-electron chi connectivity index (χ1n) is 7.75. The Labute approximate surface area is 147 Å². The maximum atomic E-state index is 12.5. The second kappa shape index (κ2) is 6.87. The number of carboxylic acids is 1. The fourth-order valence-corrected chi connectivity index (χ4v) is 3.45. The van der Waals surface area contributed by atoms with Crippen molar-refractivity contribution in [2.24, 2.45) is 5.41 Å². The largest absolute Gasteiger partial charge is 0.480 e. The molecule has 7 nitrogen and oxygen atoms in total. The standard InChI is InChI=1S/C17H22N2O5S/c1-17(2)9-14(19(11-17)10-16(21)22)8-15(20)12-4-6-13(7-5-12)18-25(3,23)24/h4-8,18H,9-11H2,1-3H3,(H,21,22)/b14-8-. The molecule has 1 fully saturated rings. The van der Waals surface area contributed by atoms with Gasteiger partial charge >= 0.3 is 5.97 Å². The Morgan fingerprint density at radius 1 is 1.28 bits per heavy atom. The molecular formula is C17H22N2O5S. The summed E-state index contributed by atoms with van der Waals surface area (Å²) in [6.45, 7) is 4.49. The molecule has 25 heavy (non-hydrogen) atoms. The summed E-state index contributed by atoms with van der Waals surface area (Å²) in [5.41, 5.74) is 1.40. The third-order valence-corrected chi connectivity index (χ3v) is 4.39. The number of benzene rings is 1. The molecule has 8 heteroatoms. The van der Waals surface area contributed by atoms with Crippen LogP contribution in [0.1, 0.15) is 30.6 Å². The third-order valence-electron chi connectivity index (χ3n) is 3.78. The minimum absolute atomic E-state index is 0.0924. The van der Waals surface area contributed by atoms with Crippen LogP contribution in [0.4, 0.5) is 5.69 Å². The Morgan fingerprint density at radius 3 is 2.40 bits per heavy atom. The van der Waals surface area contributed by atoms with Gasteiger partial charge in [0.1, 0.15) is 6.54 Å². The molecule has 0 radical (unpaired) electrons. The number of aliphatic carboxylic acids is 1. The van der Waals surface area contributed by atoms with E-state index in [2.05, 4.69) is 4.72 Å². The van der Waals surface area contributed by atoms with E-state index in [1.54, 1.807) is 4.90 Å². The Balaban J connectivity index is 2.19. The molecule has 2 N–H and O–H groups in total. The summed E-state index contributed by atoms with van der Waals surface area (Å²) in [4.78, 5) is 25.2. The van der Waals surface area contributed by atoms with Crippen LogP contribution < -0.4 is 4.72 Å². The van der Waals surface area contributed by atoms with E-state index < -0.39 is 16.0 Å². The predicted octanol–water partition coefficient (Wildman–Crippen LogP) is 1.94. The highest BCUT2D eigenvalue weighted by Gasteiger charge is 2.34. The van der Waals surface area contributed by atoms with Crippen molar-refractivity contribution in [1.82, 2.24) is 4.90 Å². The molecule has 0 unspecified atom stereocenters. The first-order chi connectivity index (χ1) is 11.5. The Kier molecular flexibility index (Phi) is 5.22. The minimum Gasteiger partial charge on any atom is -0.480 e. The fourth-order valence-electron chi connectivity index (χ4n) is 2.89. The van der Waals surface area contributed by atoms with Gasteiger partial charge in [-0.1, -0.05) is 13.8 Å². The lowest BCUT2D eigenvalue weighted by molar-refractivity contribution is -0.137. The Bertz CT molecular complexity index is 810. The molecule has 1 aliphatic heterocycles. The summed E-state index contributed by atoms with van der Waals surface area (Å²) in [5, 5.41) is 9.03. The maximum absolute atomic E-state index is 12.5. The van der Waals surface area contributed by atoms with E-state index in [9.17, 15) is 18.0 Å². The second-order valence-corrected chi connectivity index (χ2v) is 8.79. The number of likely N-dealkylation sites (tertiary alicyclic amines) is 1. The van der Waals surface area contributed by atoms with Gasteiger partial charge in [0.2, 0.25) is 10.0 Å². The first kappa shape index (κ1) is 19.0. The number of nitrogens with one attached hydrogen (secondary N) is 1. The molecule has 1 aromatic rings. The van der Waals surface area contributed by atoms with E-state index in [-0.39, 0.29) is 17.7 Å². The monoisotopic (exact) mass is 366 g/mol. The molecule has 0 aliphatic carbocycles. The lowest BCUT2D eigenvalue weighted by Gasteiger charge is -2.19. The number of allylic oxidation sites excluding steroid dienone is 2. The summed E-state index contributed by atoms with van der Waals surface area (Å²) < 4.78 is 24.7. The molecule has 0 bridgehead atoms. The summed E-state index contributed by atoms with van der Waals surface area (Å²) in [7, 11) is -3.37.